The average Bonchev–Trinajstić information content (AvgIpc) is 2.64. The molecule has 0 spiro atoms. The van der Waals surface area contributed by atoms with E-state index in [2.05, 4.69) is 31.2 Å². The Morgan fingerprint density at radius 3 is 2.54 bits per heavy atom. The van der Waals surface area contributed by atoms with Gasteiger partial charge in [0.25, 0.3) is 0 Å². The minimum Gasteiger partial charge on any atom is -0.444 e. The third kappa shape index (κ3) is 8.15. The first-order chi connectivity index (χ1) is 13.2. The van der Waals surface area contributed by atoms with Gasteiger partial charge < -0.3 is 30.2 Å². The van der Waals surface area contributed by atoms with Crippen molar-refractivity contribution in [2.45, 2.75) is 45.3 Å². The summed E-state index contributed by atoms with van der Waals surface area (Å²) in [6.07, 6.45) is 3.01. The van der Waals surface area contributed by atoms with Gasteiger partial charge >= 0.3 is 6.09 Å². The maximum absolute atomic E-state index is 11.9. The van der Waals surface area contributed by atoms with E-state index in [9.17, 15) is 4.79 Å². The highest BCUT2D eigenvalue weighted by atomic mass is 79.9. The van der Waals surface area contributed by atoms with Gasteiger partial charge in [-0.3, -0.25) is 0 Å². The summed E-state index contributed by atoms with van der Waals surface area (Å²) in [6.45, 7) is 10.1. The number of anilines is 2. The maximum atomic E-state index is 11.9. The molecule has 3 rings (SSSR count). The van der Waals surface area contributed by atoms with Gasteiger partial charge in [-0.2, -0.15) is 0 Å². The summed E-state index contributed by atoms with van der Waals surface area (Å²) in [5.74, 6) is 1.03. The maximum Gasteiger partial charge on any atom is 0.407 e. The summed E-state index contributed by atoms with van der Waals surface area (Å²) in [4.78, 5) is 22.4. The van der Waals surface area contributed by atoms with Crippen molar-refractivity contribution < 1.29 is 19.0 Å². The Bertz CT molecular complexity index is 625. The van der Waals surface area contributed by atoms with Crippen LogP contribution in [0.2, 0.25) is 0 Å². The molecule has 2 aliphatic heterocycles. The topological polar surface area (TPSA) is 112 Å². The Labute approximate surface area is 174 Å². The van der Waals surface area contributed by atoms with Crippen LogP contribution in [0.15, 0.2) is 10.8 Å². The third-order valence-corrected chi connectivity index (χ3v) is 4.32. The zero-order chi connectivity index (χ0) is 20.6. The highest BCUT2D eigenvalue weighted by molar-refractivity contribution is 9.10. The van der Waals surface area contributed by atoms with Crippen LogP contribution in [0.3, 0.4) is 0 Å². The van der Waals surface area contributed by atoms with Crippen LogP contribution < -0.4 is 16.0 Å². The van der Waals surface area contributed by atoms with E-state index in [1.807, 2.05) is 25.7 Å². The molecule has 3 N–H and O–H groups in total. The average molecular weight is 460 g/mol. The first-order valence-corrected chi connectivity index (χ1v) is 10.2. The van der Waals surface area contributed by atoms with Crippen LogP contribution in [-0.4, -0.2) is 67.2 Å². The molecule has 1 aromatic rings. The predicted octanol–water partition coefficient (Wildman–Crippen LogP) is 2.35. The molecule has 158 valence electrons. The molecule has 10 heteroatoms. The second-order valence-corrected chi connectivity index (χ2v) is 8.37. The molecule has 2 saturated heterocycles. The van der Waals surface area contributed by atoms with Gasteiger partial charge in [-0.15, -0.1) is 0 Å². The second kappa shape index (κ2) is 10.8. The van der Waals surface area contributed by atoms with E-state index in [0.29, 0.717) is 22.8 Å². The molecule has 0 saturated carbocycles. The lowest BCUT2D eigenvalue weighted by atomic mass is 10.1. The van der Waals surface area contributed by atoms with E-state index in [4.69, 9.17) is 19.9 Å². The minimum atomic E-state index is -0.501. The van der Waals surface area contributed by atoms with E-state index in [1.54, 1.807) is 6.20 Å². The van der Waals surface area contributed by atoms with Gasteiger partial charge in [0.15, 0.2) is 11.6 Å². The molecule has 2 aliphatic rings. The fourth-order valence-electron chi connectivity index (χ4n) is 2.80. The second-order valence-electron chi connectivity index (χ2n) is 7.56. The van der Waals surface area contributed by atoms with E-state index < -0.39 is 11.7 Å². The minimum absolute atomic E-state index is 0.00350. The number of rotatable bonds is 2. The van der Waals surface area contributed by atoms with Crippen molar-refractivity contribution in [2.75, 3.05) is 50.2 Å². The van der Waals surface area contributed by atoms with Crippen LogP contribution in [-0.2, 0) is 14.2 Å². The van der Waals surface area contributed by atoms with Crippen molar-refractivity contribution in [1.82, 2.24) is 15.3 Å². The number of hydrogen-bond donors (Lipinski definition) is 2. The lowest BCUT2D eigenvalue weighted by Crippen LogP contribution is -2.49. The molecule has 0 aromatic carbocycles. The number of nitrogens with one attached hydrogen (secondary N) is 1. The van der Waals surface area contributed by atoms with Crippen LogP contribution >= 0.6 is 15.9 Å². The first kappa shape index (κ1) is 22.6. The summed E-state index contributed by atoms with van der Waals surface area (Å²) in [5, 5.41) is 2.91. The van der Waals surface area contributed by atoms with Crippen molar-refractivity contribution in [2.24, 2.45) is 0 Å². The standard InChI is InChI=1S/C14H22BrN5O2.C4H8O2/c1-14(2,3)22-13(21)18-9-5-4-6-20(8-9)12-11(16)17-7-10(15)19-12;1-2-6-4-3-5-1/h7,9H,4-6,8H2,1-3H3,(H2,16,17)(H,18,21);1-4H2/t9-;/m1./s1. The van der Waals surface area contributed by atoms with Gasteiger partial charge in [0.1, 0.15) is 10.2 Å². The molecule has 0 unspecified atom stereocenters. The Kier molecular flexibility index (Phi) is 8.71. The molecular formula is C18H30BrN5O4. The van der Waals surface area contributed by atoms with Crippen LogP contribution in [0.5, 0.6) is 0 Å². The molecule has 1 atom stereocenters. The van der Waals surface area contributed by atoms with Crippen LogP contribution in [0, 0.1) is 0 Å². The first-order valence-electron chi connectivity index (χ1n) is 9.42. The molecule has 1 aromatic heterocycles. The van der Waals surface area contributed by atoms with Crippen molar-refractivity contribution in [3.05, 3.63) is 10.8 Å². The number of piperidine rings is 1. The molecule has 1 amide bonds. The number of nitrogen functional groups attached to an aromatic ring is 1. The summed E-state index contributed by atoms with van der Waals surface area (Å²) in [6, 6.07) is 0.00350. The van der Waals surface area contributed by atoms with Gasteiger partial charge in [0.05, 0.1) is 32.6 Å². The van der Waals surface area contributed by atoms with Crippen LogP contribution in [0.4, 0.5) is 16.4 Å². The largest absolute Gasteiger partial charge is 0.444 e. The molecular weight excluding hydrogens is 430 g/mol. The van der Waals surface area contributed by atoms with Crippen molar-refractivity contribution in [3.63, 3.8) is 0 Å². The predicted molar refractivity (Wildman–Crippen MR) is 110 cm³/mol. The number of nitrogens with zero attached hydrogens (tertiary/aromatic N) is 3. The summed E-state index contributed by atoms with van der Waals surface area (Å²) < 4.78 is 15.8. The fraction of sp³-hybridized carbons (Fsp3) is 0.722. The highest BCUT2D eigenvalue weighted by Crippen LogP contribution is 2.24. The number of hydrogen-bond acceptors (Lipinski definition) is 8. The number of carbonyl (C=O) groups is 1. The van der Waals surface area contributed by atoms with Crippen molar-refractivity contribution >= 4 is 33.7 Å². The van der Waals surface area contributed by atoms with Gasteiger partial charge in [-0.05, 0) is 49.5 Å². The molecule has 3 heterocycles. The van der Waals surface area contributed by atoms with E-state index in [0.717, 1.165) is 45.8 Å². The molecule has 0 bridgehead atoms. The number of ether oxygens (including phenoxy) is 3. The quantitative estimate of drug-likeness (QED) is 0.692. The zero-order valence-corrected chi connectivity index (χ0v) is 18.3. The number of alkyl carbamates (subject to hydrolysis) is 1. The smallest absolute Gasteiger partial charge is 0.407 e. The van der Waals surface area contributed by atoms with E-state index in [-0.39, 0.29) is 6.04 Å². The molecule has 0 aliphatic carbocycles. The normalized spacial score (nSPS) is 20.0. The van der Waals surface area contributed by atoms with Crippen molar-refractivity contribution in [3.8, 4) is 0 Å². The Hall–Kier alpha value is -1.65. The number of amides is 1. The summed E-state index contributed by atoms with van der Waals surface area (Å²) >= 11 is 3.31. The van der Waals surface area contributed by atoms with Gasteiger partial charge in [0.2, 0.25) is 0 Å². The summed E-state index contributed by atoms with van der Waals surface area (Å²) in [7, 11) is 0. The monoisotopic (exact) mass is 459 g/mol. The lowest BCUT2D eigenvalue weighted by molar-refractivity contribution is -0.0334. The van der Waals surface area contributed by atoms with E-state index >= 15 is 0 Å². The van der Waals surface area contributed by atoms with Crippen LogP contribution in [0.25, 0.3) is 0 Å². The van der Waals surface area contributed by atoms with Gasteiger partial charge in [0, 0.05) is 19.1 Å². The summed E-state index contributed by atoms with van der Waals surface area (Å²) in [5.41, 5.74) is 5.40. The Balaban J connectivity index is 0.000000397. The molecule has 9 nitrogen and oxygen atoms in total. The molecule has 0 radical (unpaired) electrons. The lowest BCUT2D eigenvalue weighted by Gasteiger charge is -2.34. The fourth-order valence-corrected chi connectivity index (χ4v) is 3.07. The highest BCUT2D eigenvalue weighted by Gasteiger charge is 2.26. The van der Waals surface area contributed by atoms with E-state index in [1.165, 1.54) is 0 Å². The Morgan fingerprint density at radius 1 is 1.32 bits per heavy atom. The third-order valence-electron chi connectivity index (χ3n) is 3.94. The van der Waals surface area contributed by atoms with Crippen LogP contribution in [0.1, 0.15) is 33.6 Å². The number of aromatic nitrogens is 2. The zero-order valence-electron chi connectivity index (χ0n) is 16.7. The Morgan fingerprint density at radius 2 is 1.96 bits per heavy atom. The number of nitrogens with two attached hydrogens (primary N) is 1. The van der Waals surface area contributed by atoms with Crippen molar-refractivity contribution in [1.29, 1.82) is 0 Å². The molecule has 2 fully saturated rings. The number of halogens is 1. The SMILES string of the molecule is C1COCCO1.CC(C)(C)OC(=O)N[C@@H]1CCCN(c2nc(Br)cnc2N)C1. The molecule has 28 heavy (non-hydrogen) atoms. The van der Waals surface area contributed by atoms with Gasteiger partial charge in [-0.25, -0.2) is 14.8 Å². The number of carbonyl (C=O) groups excluding carboxylic acids is 1. The van der Waals surface area contributed by atoms with Gasteiger partial charge in [-0.1, -0.05) is 0 Å².